The lowest BCUT2D eigenvalue weighted by atomic mass is 10.2. The predicted molar refractivity (Wildman–Crippen MR) is 120 cm³/mol. The largest absolute Gasteiger partial charge is 0.365 e. The standard InChI is InChI=1S/C19H21ClFN7O2S/c20-16-11-23-19(26-15-10-24-28(12-15)5-6-30-21)27-18(16)22-9-13-2-1-3-14(8-13)25-17(29)4-7-31/h1-3,8,10-12,31H,4-7,9H2,(H,25,29)(H2,22,23,26,27). The van der Waals surface area contributed by atoms with Crippen molar-refractivity contribution in [3.8, 4) is 0 Å². The molecule has 0 radical (unpaired) electrons. The molecule has 0 bridgehead atoms. The molecule has 2 aromatic heterocycles. The third kappa shape index (κ3) is 7.09. The third-order valence-electron chi connectivity index (χ3n) is 4.04. The highest BCUT2D eigenvalue weighted by Gasteiger charge is 2.08. The van der Waals surface area contributed by atoms with Gasteiger partial charge in [0.05, 0.1) is 24.6 Å². The van der Waals surface area contributed by atoms with Crippen LogP contribution in [0.25, 0.3) is 0 Å². The molecule has 0 aliphatic carbocycles. The van der Waals surface area contributed by atoms with Gasteiger partial charge in [-0.1, -0.05) is 23.7 Å². The number of rotatable bonds is 11. The molecule has 2 heterocycles. The van der Waals surface area contributed by atoms with Crippen LogP contribution in [0.5, 0.6) is 0 Å². The lowest BCUT2D eigenvalue weighted by Gasteiger charge is -2.11. The SMILES string of the molecule is O=C(CCS)Nc1cccc(CNc2nc(Nc3cnn(CCOF)c3)ncc2Cl)c1. The highest BCUT2D eigenvalue weighted by molar-refractivity contribution is 7.80. The molecule has 3 N–H and O–H groups in total. The summed E-state index contributed by atoms with van der Waals surface area (Å²) in [5, 5.41) is 13.5. The lowest BCUT2D eigenvalue weighted by Crippen LogP contribution is -2.12. The first-order valence-electron chi connectivity index (χ1n) is 9.36. The number of aromatic nitrogens is 4. The number of hydrogen-bond acceptors (Lipinski definition) is 8. The van der Waals surface area contributed by atoms with Crippen LogP contribution in [0.15, 0.2) is 42.9 Å². The maximum absolute atomic E-state index is 11.8. The second kappa shape index (κ2) is 11.5. The Labute approximate surface area is 188 Å². The molecule has 1 aromatic carbocycles. The van der Waals surface area contributed by atoms with Crippen LogP contribution in [0.1, 0.15) is 12.0 Å². The molecule has 0 unspecified atom stereocenters. The molecule has 0 aliphatic heterocycles. The highest BCUT2D eigenvalue weighted by atomic mass is 35.5. The predicted octanol–water partition coefficient (Wildman–Crippen LogP) is 3.84. The Morgan fingerprint density at radius 3 is 2.97 bits per heavy atom. The van der Waals surface area contributed by atoms with Crippen molar-refractivity contribution in [2.75, 3.05) is 28.3 Å². The minimum atomic E-state index is -0.0906. The second-order valence-electron chi connectivity index (χ2n) is 6.40. The van der Waals surface area contributed by atoms with Gasteiger partial charge in [-0.3, -0.25) is 9.48 Å². The molecule has 31 heavy (non-hydrogen) atoms. The monoisotopic (exact) mass is 465 g/mol. The Balaban J connectivity index is 1.62. The smallest absolute Gasteiger partial charge is 0.229 e. The molecule has 9 nitrogen and oxygen atoms in total. The lowest BCUT2D eigenvalue weighted by molar-refractivity contribution is -0.135. The van der Waals surface area contributed by atoms with E-state index in [1.165, 1.54) is 10.9 Å². The highest BCUT2D eigenvalue weighted by Crippen LogP contribution is 2.22. The van der Waals surface area contributed by atoms with E-state index in [1.54, 1.807) is 12.4 Å². The van der Waals surface area contributed by atoms with Crippen molar-refractivity contribution in [3.63, 3.8) is 0 Å². The van der Waals surface area contributed by atoms with Gasteiger partial charge >= 0.3 is 0 Å². The Kier molecular flexibility index (Phi) is 8.44. The van der Waals surface area contributed by atoms with Gasteiger partial charge in [-0.05, 0) is 28.0 Å². The minimum Gasteiger partial charge on any atom is -0.365 e. The van der Waals surface area contributed by atoms with Crippen LogP contribution in [-0.2, 0) is 22.8 Å². The van der Waals surface area contributed by atoms with Crippen LogP contribution < -0.4 is 16.0 Å². The van der Waals surface area contributed by atoms with Crippen molar-refractivity contribution in [1.29, 1.82) is 0 Å². The average Bonchev–Trinajstić information content (AvgIpc) is 3.20. The van der Waals surface area contributed by atoms with E-state index in [0.717, 1.165) is 5.56 Å². The number of amides is 1. The van der Waals surface area contributed by atoms with Crippen molar-refractivity contribution in [1.82, 2.24) is 19.7 Å². The van der Waals surface area contributed by atoms with Gasteiger partial charge in [0.2, 0.25) is 11.9 Å². The number of nitrogens with zero attached hydrogens (tertiary/aromatic N) is 4. The summed E-state index contributed by atoms with van der Waals surface area (Å²) in [5.41, 5.74) is 2.28. The van der Waals surface area contributed by atoms with Crippen LogP contribution in [-0.4, -0.2) is 38.0 Å². The molecule has 1 amide bonds. The third-order valence-corrected chi connectivity index (χ3v) is 4.54. The van der Waals surface area contributed by atoms with Gasteiger partial charge in [-0.15, -0.1) is 0 Å². The Morgan fingerprint density at radius 1 is 1.29 bits per heavy atom. The van der Waals surface area contributed by atoms with Gasteiger partial charge in [0.25, 0.3) is 0 Å². The number of anilines is 4. The first-order valence-corrected chi connectivity index (χ1v) is 10.4. The number of carbonyl (C=O) groups is 1. The number of nitrogens with one attached hydrogen (secondary N) is 3. The molecule has 3 rings (SSSR count). The van der Waals surface area contributed by atoms with E-state index >= 15 is 0 Å². The van der Waals surface area contributed by atoms with E-state index < -0.39 is 0 Å². The maximum atomic E-state index is 11.8. The van der Waals surface area contributed by atoms with Gasteiger partial charge in [0.15, 0.2) is 5.82 Å². The first-order chi connectivity index (χ1) is 15.1. The molecule has 12 heteroatoms. The summed E-state index contributed by atoms with van der Waals surface area (Å²) < 4.78 is 13.3. The molecule has 0 fully saturated rings. The maximum Gasteiger partial charge on any atom is 0.229 e. The van der Waals surface area contributed by atoms with Crippen molar-refractivity contribution < 1.29 is 14.3 Å². The average molecular weight is 466 g/mol. The second-order valence-corrected chi connectivity index (χ2v) is 7.25. The van der Waals surface area contributed by atoms with E-state index in [4.69, 9.17) is 11.6 Å². The van der Waals surface area contributed by atoms with Crippen LogP contribution >= 0.6 is 24.2 Å². The molecule has 3 aromatic rings. The summed E-state index contributed by atoms with van der Waals surface area (Å²) >= 11 is 10.3. The van der Waals surface area contributed by atoms with Crippen LogP contribution in [0, 0.1) is 0 Å². The first kappa shape index (κ1) is 22.8. The van der Waals surface area contributed by atoms with Crippen molar-refractivity contribution in [3.05, 3.63) is 53.4 Å². The molecule has 0 aliphatic rings. The summed E-state index contributed by atoms with van der Waals surface area (Å²) in [4.78, 5) is 23.8. The zero-order chi connectivity index (χ0) is 22.1. The van der Waals surface area contributed by atoms with E-state index in [9.17, 15) is 9.32 Å². The summed E-state index contributed by atoms with van der Waals surface area (Å²) in [5.74, 6) is 1.17. The summed E-state index contributed by atoms with van der Waals surface area (Å²) in [6, 6.07) is 7.46. The van der Waals surface area contributed by atoms with Gasteiger partial charge in [0.1, 0.15) is 11.6 Å². The van der Waals surface area contributed by atoms with E-state index in [1.807, 2.05) is 24.3 Å². The quantitative estimate of drug-likeness (QED) is 0.319. The van der Waals surface area contributed by atoms with Crippen molar-refractivity contribution in [2.45, 2.75) is 19.5 Å². The number of benzene rings is 1. The summed E-state index contributed by atoms with van der Waals surface area (Å²) in [7, 11) is 0. The fourth-order valence-electron chi connectivity index (χ4n) is 2.63. The van der Waals surface area contributed by atoms with Gasteiger partial charge in [-0.2, -0.15) is 27.7 Å². The normalized spacial score (nSPS) is 10.7. The van der Waals surface area contributed by atoms with Gasteiger partial charge in [0, 0.05) is 24.8 Å². The molecule has 164 valence electrons. The molecule has 0 saturated carbocycles. The number of carbonyl (C=O) groups excluding carboxylic acids is 1. The molecule has 0 atom stereocenters. The van der Waals surface area contributed by atoms with Gasteiger partial charge < -0.3 is 16.0 Å². The number of thiol groups is 1. The Hall–Kier alpha value is -2.89. The van der Waals surface area contributed by atoms with Crippen molar-refractivity contribution >= 4 is 53.3 Å². The molecular formula is C19H21ClFN7O2S. The zero-order valence-electron chi connectivity index (χ0n) is 16.4. The molecule has 0 saturated heterocycles. The van der Waals surface area contributed by atoms with Gasteiger partial charge in [-0.25, -0.2) is 4.98 Å². The fraction of sp³-hybridized carbons (Fsp3) is 0.263. The van der Waals surface area contributed by atoms with Crippen LogP contribution in [0.2, 0.25) is 5.02 Å². The van der Waals surface area contributed by atoms with E-state index in [0.29, 0.717) is 46.9 Å². The van der Waals surface area contributed by atoms with E-state index in [-0.39, 0.29) is 19.1 Å². The summed E-state index contributed by atoms with van der Waals surface area (Å²) in [6.45, 7) is 0.626. The van der Waals surface area contributed by atoms with E-state index in [2.05, 4.69) is 48.6 Å². The van der Waals surface area contributed by atoms with Crippen molar-refractivity contribution in [2.24, 2.45) is 0 Å². The molecule has 0 spiro atoms. The minimum absolute atomic E-state index is 0.0878. The topological polar surface area (TPSA) is 106 Å². The number of halogens is 2. The Morgan fingerprint density at radius 2 is 2.16 bits per heavy atom. The molecular weight excluding hydrogens is 445 g/mol. The Bertz CT molecular complexity index is 1020. The fourth-order valence-corrected chi connectivity index (χ4v) is 2.99. The zero-order valence-corrected chi connectivity index (χ0v) is 18.0. The number of hydrogen-bond donors (Lipinski definition) is 4. The summed E-state index contributed by atoms with van der Waals surface area (Å²) in [6.07, 6.45) is 5.07. The van der Waals surface area contributed by atoms with Crippen LogP contribution in [0.4, 0.5) is 27.7 Å². The van der Waals surface area contributed by atoms with Crippen LogP contribution in [0.3, 0.4) is 0 Å².